The van der Waals surface area contributed by atoms with Crippen molar-refractivity contribution in [3.05, 3.63) is 59.3 Å². The number of pyridine rings is 1. The molecule has 0 amide bonds. The van der Waals surface area contributed by atoms with Crippen LogP contribution in [-0.4, -0.2) is 15.0 Å². The maximum atomic E-state index is 13.8. The second kappa shape index (κ2) is 7.23. The number of nitrogen functional groups attached to an aromatic ring is 1. The molecule has 140 valence electrons. The summed E-state index contributed by atoms with van der Waals surface area (Å²) in [5.74, 6) is -0.456. The minimum atomic E-state index is -4.57. The number of rotatable bonds is 4. The summed E-state index contributed by atoms with van der Waals surface area (Å²) in [6.45, 7) is 0. The van der Waals surface area contributed by atoms with Crippen LogP contribution in [-0.2, 0) is 6.18 Å². The Bertz CT molecular complexity index is 979. The smallest absolute Gasteiger partial charge is 0.393 e. The Hall–Kier alpha value is -3.14. The monoisotopic (exact) mass is 398 g/mol. The second-order valence-electron chi connectivity index (χ2n) is 5.27. The Balaban J connectivity index is 1.87. The summed E-state index contributed by atoms with van der Waals surface area (Å²) >= 11 is 5.85. The first-order valence-electron chi connectivity index (χ1n) is 7.37. The fraction of sp³-hybridized carbons (Fsp3) is 0.0625. The standard InChI is InChI=1S/C16H11ClF4N6/c17-9-5-8(16(19,20)21)6-23-13(9)27-15-12(22)14(24-7-25-15)26-11-4-2-1-3-10(11)18/h1-7H,22H2,(H2,23,24,25,26,27). The number of para-hydroxylation sites is 1. The fourth-order valence-electron chi connectivity index (χ4n) is 2.08. The third-order valence-electron chi connectivity index (χ3n) is 3.42. The highest BCUT2D eigenvalue weighted by Crippen LogP contribution is 2.34. The molecule has 3 rings (SSSR count). The van der Waals surface area contributed by atoms with E-state index in [2.05, 4.69) is 25.6 Å². The Morgan fingerprint density at radius 3 is 2.26 bits per heavy atom. The highest BCUT2D eigenvalue weighted by atomic mass is 35.5. The number of alkyl halides is 3. The number of hydrogen-bond acceptors (Lipinski definition) is 6. The van der Waals surface area contributed by atoms with Crippen LogP contribution in [0.1, 0.15) is 5.56 Å². The van der Waals surface area contributed by atoms with Gasteiger partial charge >= 0.3 is 6.18 Å². The topological polar surface area (TPSA) is 88.8 Å². The van der Waals surface area contributed by atoms with Gasteiger partial charge < -0.3 is 16.4 Å². The van der Waals surface area contributed by atoms with Crippen LogP contribution in [0.4, 0.5) is 46.4 Å². The number of anilines is 5. The van der Waals surface area contributed by atoms with E-state index in [0.29, 0.717) is 6.20 Å². The van der Waals surface area contributed by atoms with Crippen molar-refractivity contribution < 1.29 is 17.6 Å². The van der Waals surface area contributed by atoms with E-state index in [0.717, 1.165) is 12.4 Å². The van der Waals surface area contributed by atoms with Crippen LogP contribution in [0.25, 0.3) is 0 Å². The molecular weight excluding hydrogens is 388 g/mol. The van der Waals surface area contributed by atoms with Crippen LogP contribution < -0.4 is 16.4 Å². The van der Waals surface area contributed by atoms with Crippen LogP contribution in [0.2, 0.25) is 5.02 Å². The van der Waals surface area contributed by atoms with Gasteiger partial charge in [0.2, 0.25) is 0 Å². The van der Waals surface area contributed by atoms with Crippen LogP contribution in [0, 0.1) is 5.82 Å². The van der Waals surface area contributed by atoms with E-state index < -0.39 is 17.6 Å². The van der Waals surface area contributed by atoms with Gasteiger partial charge in [-0.05, 0) is 18.2 Å². The lowest BCUT2D eigenvalue weighted by Gasteiger charge is -2.14. The van der Waals surface area contributed by atoms with Gasteiger partial charge in [-0.3, -0.25) is 0 Å². The van der Waals surface area contributed by atoms with Crippen LogP contribution in [0.15, 0.2) is 42.9 Å². The van der Waals surface area contributed by atoms with E-state index in [9.17, 15) is 17.6 Å². The lowest BCUT2D eigenvalue weighted by molar-refractivity contribution is -0.137. The lowest BCUT2D eigenvalue weighted by Crippen LogP contribution is -2.08. The Morgan fingerprint density at radius 2 is 1.63 bits per heavy atom. The van der Waals surface area contributed by atoms with E-state index >= 15 is 0 Å². The zero-order chi connectivity index (χ0) is 19.6. The molecule has 0 bridgehead atoms. The van der Waals surface area contributed by atoms with Crippen LogP contribution >= 0.6 is 11.6 Å². The van der Waals surface area contributed by atoms with Gasteiger partial charge in [-0.25, -0.2) is 19.3 Å². The van der Waals surface area contributed by atoms with Gasteiger partial charge in [0.25, 0.3) is 0 Å². The molecule has 27 heavy (non-hydrogen) atoms. The molecule has 3 aromatic rings. The first-order valence-corrected chi connectivity index (χ1v) is 7.75. The summed E-state index contributed by atoms with van der Waals surface area (Å²) in [5.41, 5.74) is 5.10. The van der Waals surface area contributed by atoms with Gasteiger partial charge in [-0.15, -0.1) is 0 Å². The summed E-state index contributed by atoms with van der Waals surface area (Å²) in [7, 11) is 0. The predicted molar refractivity (Wildman–Crippen MR) is 93.7 cm³/mol. The maximum absolute atomic E-state index is 13.8. The van der Waals surface area contributed by atoms with Crippen molar-refractivity contribution in [2.45, 2.75) is 6.18 Å². The van der Waals surface area contributed by atoms with Crippen molar-refractivity contribution in [3.8, 4) is 0 Å². The van der Waals surface area contributed by atoms with Crippen molar-refractivity contribution >= 4 is 40.4 Å². The van der Waals surface area contributed by atoms with E-state index in [-0.39, 0.29) is 33.9 Å². The van der Waals surface area contributed by atoms with Gasteiger partial charge in [0, 0.05) is 6.20 Å². The molecular formula is C16H11ClF4N6. The van der Waals surface area contributed by atoms with Gasteiger partial charge in [0.1, 0.15) is 23.6 Å². The summed E-state index contributed by atoms with van der Waals surface area (Å²) < 4.78 is 51.8. The van der Waals surface area contributed by atoms with Crippen molar-refractivity contribution in [1.29, 1.82) is 0 Å². The van der Waals surface area contributed by atoms with Gasteiger partial charge in [-0.1, -0.05) is 23.7 Å². The third-order valence-corrected chi connectivity index (χ3v) is 3.70. The highest BCUT2D eigenvalue weighted by Gasteiger charge is 2.31. The molecule has 0 spiro atoms. The molecule has 0 aliphatic rings. The molecule has 0 aliphatic heterocycles. The summed E-state index contributed by atoms with van der Waals surface area (Å²) in [6, 6.07) is 6.61. The fourth-order valence-corrected chi connectivity index (χ4v) is 2.30. The zero-order valence-electron chi connectivity index (χ0n) is 13.4. The van der Waals surface area contributed by atoms with Crippen LogP contribution in [0.5, 0.6) is 0 Å². The number of hydrogen-bond donors (Lipinski definition) is 3. The molecule has 11 heteroatoms. The molecule has 0 saturated heterocycles. The van der Waals surface area contributed by atoms with Crippen molar-refractivity contribution in [2.24, 2.45) is 0 Å². The highest BCUT2D eigenvalue weighted by molar-refractivity contribution is 6.33. The SMILES string of the molecule is Nc1c(Nc2ccccc2F)ncnc1Nc1ncc(C(F)(F)F)cc1Cl. The van der Waals surface area contributed by atoms with Crippen LogP contribution in [0.3, 0.4) is 0 Å². The van der Waals surface area contributed by atoms with Gasteiger partial charge in [-0.2, -0.15) is 13.2 Å². The normalized spacial score (nSPS) is 11.3. The van der Waals surface area contributed by atoms with E-state index in [1.165, 1.54) is 18.2 Å². The Kier molecular flexibility index (Phi) is 5.00. The molecule has 4 N–H and O–H groups in total. The Morgan fingerprint density at radius 1 is 0.963 bits per heavy atom. The average Bonchev–Trinajstić information content (AvgIpc) is 2.61. The molecule has 2 aromatic heterocycles. The molecule has 0 atom stereocenters. The van der Waals surface area contributed by atoms with Gasteiger partial charge in [0.05, 0.1) is 16.3 Å². The average molecular weight is 399 g/mol. The minimum absolute atomic E-state index is 0.00137. The number of aromatic nitrogens is 3. The molecule has 0 saturated carbocycles. The van der Waals surface area contributed by atoms with Crippen molar-refractivity contribution in [2.75, 3.05) is 16.4 Å². The quantitative estimate of drug-likeness (QED) is 0.549. The molecule has 0 aliphatic carbocycles. The molecule has 6 nitrogen and oxygen atoms in total. The van der Waals surface area contributed by atoms with E-state index in [1.54, 1.807) is 6.07 Å². The molecule has 2 heterocycles. The number of nitrogens with one attached hydrogen (secondary N) is 2. The largest absolute Gasteiger partial charge is 0.417 e. The molecule has 0 radical (unpaired) electrons. The first-order chi connectivity index (χ1) is 12.8. The van der Waals surface area contributed by atoms with Gasteiger partial charge in [0.15, 0.2) is 11.6 Å². The van der Waals surface area contributed by atoms with Crippen molar-refractivity contribution in [3.63, 3.8) is 0 Å². The van der Waals surface area contributed by atoms with Crippen molar-refractivity contribution in [1.82, 2.24) is 15.0 Å². The first kappa shape index (κ1) is 18.6. The third kappa shape index (κ3) is 4.17. The molecule has 0 fully saturated rings. The predicted octanol–water partition coefficient (Wildman–Crippen LogP) is 4.75. The van der Waals surface area contributed by atoms with E-state index in [4.69, 9.17) is 17.3 Å². The summed E-state index contributed by atoms with van der Waals surface area (Å²) in [4.78, 5) is 11.5. The number of benzene rings is 1. The molecule has 0 unspecified atom stereocenters. The maximum Gasteiger partial charge on any atom is 0.417 e. The number of nitrogens with zero attached hydrogens (tertiary/aromatic N) is 3. The number of nitrogens with two attached hydrogens (primary N) is 1. The second-order valence-corrected chi connectivity index (χ2v) is 5.67. The Labute approximate surface area is 155 Å². The summed E-state index contributed by atoms with van der Waals surface area (Å²) in [5, 5.41) is 5.08. The van der Waals surface area contributed by atoms with E-state index in [1.807, 2.05) is 0 Å². The molecule has 1 aromatic carbocycles. The zero-order valence-corrected chi connectivity index (χ0v) is 14.1. The lowest BCUT2D eigenvalue weighted by atomic mass is 10.2. The minimum Gasteiger partial charge on any atom is -0.393 e. The number of halogens is 5. The summed E-state index contributed by atoms with van der Waals surface area (Å²) in [6.07, 6.45) is -2.80.